The highest BCUT2D eigenvalue weighted by Gasteiger charge is 2.43. The van der Waals surface area contributed by atoms with Crippen molar-refractivity contribution in [3.05, 3.63) is 23.3 Å². The molecule has 4 rings (SSSR count). The molecule has 2 atom stereocenters. The molecule has 0 spiro atoms. The summed E-state index contributed by atoms with van der Waals surface area (Å²) in [6.45, 7) is 1.26. The van der Waals surface area contributed by atoms with Gasteiger partial charge in [0.25, 0.3) is 0 Å². The van der Waals surface area contributed by atoms with E-state index in [1.165, 1.54) is 29.0 Å². The van der Waals surface area contributed by atoms with Crippen molar-refractivity contribution >= 4 is 6.09 Å². The van der Waals surface area contributed by atoms with Crippen molar-refractivity contribution in [3.63, 3.8) is 0 Å². The summed E-state index contributed by atoms with van der Waals surface area (Å²) in [5.74, 6) is 2.33. The first kappa shape index (κ1) is 10.3. The van der Waals surface area contributed by atoms with Crippen LogP contribution in [0.2, 0.25) is 0 Å². The van der Waals surface area contributed by atoms with Gasteiger partial charge in [0, 0.05) is 36.8 Å². The highest BCUT2D eigenvalue weighted by molar-refractivity contribution is 5.66. The summed E-state index contributed by atoms with van der Waals surface area (Å²) in [7, 11) is 0. The third-order valence-electron chi connectivity index (χ3n) is 4.43. The molecule has 94 valence electrons. The molecular weight excluding hydrogens is 230 g/mol. The number of nitrogens with zero attached hydrogens (tertiary/aromatic N) is 3. The lowest BCUT2D eigenvalue weighted by Crippen LogP contribution is -2.27. The second-order valence-electron chi connectivity index (χ2n) is 5.66. The van der Waals surface area contributed by atoms with Gasteiger partial charge in [0.15, 0.2) is 0 Å². The van der Waals surface area contributed by atoms with E-state index in [2.05, 4.69) is 4.98 Å². The van der Waals surface area contributed by atoms with Gasteiger partial charge in [-0.3, -0.25) is 0 Å². The lowest BCUT2D eigenvalue weighted by molar-refractivity contribution is 0.153. The summed E-state index contributed by atoms with van der Waals surface area (Å²) >= 11 is 0. The van der Waals surface area contributed by atoms with Crippen molar-refractivity contribution < 1.29 is 9.90 Å². The molecule has 2 aliphatic carbocycles. The molecule has 1 aromatic heterocycles. The molecule has 3 aliphatic rings. The summed E-state index contributed by atoms with van der Waals surface area (Å²) in [6, 6.07) is 0. The average Bonchev–Trinajstić information content (AvgIpc) is 3.01. The van der Waals surface area contributed by atoms with E-state index in [0.717, 1.165) is 12.2 Å². The van der Waals surface area contributed by atoms with E-state index in [1.54, 1.807) is 0 Å². The molecule has 2 heterocycles. The van der Waals surface area contributed by atoms with Crippen LogP contribution in [-0.2, 0) is 6.42 Å². The zero-order chi connectivity index (χ0) is 12.3. The first-order chi connectivity index (χ1) is 8.72. The summed E-state index contributed by atoms with van der Waals surface area (Å²) in [5.41, 5.74) is 2.36. The fourth-order valence-corrected chi connectivity index (χ4v) is 3.29. The molecule has 1 saturated carbocycles. The van der Waals surface area contributed by atoms with E-state index < -0.39 is 6.09 Å². The number of aromatic nitrogens is 2. The standard InChI is InChI=1S/C13H15N3O2/c17-13(18)16-5-8-3-11-9(10(8)6-16)4-14-12(15-11)7-1-2-7/h4,7-8,10H,1-3,5-6H2,(H,17,18). The van der Waals surface area contributed by atoms with Crippen LogP contribution in [0.3, 0.4) is 0 Å². The number of hydrogen-bond acceptors (Lipinski definition) is 3. The van der Waals surface area contributed by atoms with Gasteiger partial charge >= 0.3 is 6.09 Å². The average molecular weight is 245 g/mol. The van der Waals surface area contributed by atoms with Gasteiger partial charge in [-0.1, -0.05) is 0 Å². The number of amides is 1. The predicted octanol–water partition coefficient (Wildman–Crippen LogP) is 1.60. The molecule has 1 aromatic rings. The van der Waals surface area contributed by atoms with E-state index in [1.807, 2.05) is 6.20 Å². The molecule has 1 amide bonds. The quantitative estimate of drug-likeness (QED) is 0.816. The van der Waals surface area contributed by atoms with Crippen molar-refractivity contribution in [2.24, 2.45) is 5.92 Å². The Balaban J connectivity index is 1.63. The minimum atomic E-state index is -0.804. The SMILES string of the molecule is O=C(O)N1CC2Cc3nc(C4CC4)ncc3C2C1. The Morgan fingerprint density at radius 1 is 1.39 bits per heavy atom. The van der Waals surface area contributed by atoms with Crippen molar-refractivity contribution in [1.29, 1.82) is 0 Å². The topological polar surface area (TPSA) is 66.3 Å². The lowest BCUT2D eigenvalue weighted by atomic mass is 9.97. The van der Waals surface area contributed by atoms with E-state index in [4.69, 9.17) is 10.1 Å². The van der Waals surface area contributed by atoms with Gasteiger partial charge in [-0.05, 0) is 30.7 Å². The molecule has 1 aliphatic heterocycles. The smallest absolute Gasteiger partial charge is 0.407 e. The number of rotatable bonds is 1. The first-order valence-electron chi connectivity index (χ1n) is 6.56. The van der Waals surface area contributed by atoms with Gasteiger partial charge in [0.2, 0.25) is 0 Å². The predicted molar refractivity (Wildman–Crippen MR) is 63.5 cm³/mol. The molecule has 0 aromatic carbocycles. The van der Waals surface area contributed by atoms with Gasteiger partial charge in [0.05, 0.1) is 0 Å². The molecule has 0 radical (unpaired) electrons. The van der Waals surface area contributed by atoms with Crippen molar-refractivity contribution in [3.8, 4) is 0 Å². The third kappa shape index (κ3) is 1.43. The van der Waals surface area contributed by atoms with Gasteiger partial charge in [-0.2, -0.15) is 0 Å². The van der Waals surface area contributed by atoms with Crippen LogP contribution in [0.25, 0.3) is 0 Å². The highest BCUT2D eigenvalue weighted by Crippen LogP contribution is 2.44. The maximum absolute atomic E-state index is 11.0. The first-order valence-corrected chi connectivity index (χ1v) is 6.56. The van der Waals surface area contributed by atoms with Gasteiger partial charge < -0.3 is 10.0 Å². The maximum atomic E-state index is 11.0. The molecule has 1 saturated heterocycles. The van der Waals surface area contributed by atoms with E-state index in [-0.39, 0.29) is 0 Å². The number of carbonyl (C=O) groups is 1. The highest BCUT2D eigenvalue weighted by atomic mass is 16.4. The monoisotopic (exact) mass is 245 g/mol. The van der Waals surface area contributed by atoms with Crippen molar-refractivity contribution in [1.82, 2.24) is 14.9 Å². The van der Waals surface area contributed by atoms with Crippen LogP contribution in [-0.4, -0.2) is 39.2 Å². The van der Waals surface area contributed by atoms with Crippen LogP contribution >= 0.6 is 0 Å². The summed E-state index contributed by atoms with van der Waals surface area (Å²) in [4.78, 5) is 21.7. The Hall–Kier alpha value is -1.65. The van der Waals surface area contributed by atoms with Crippen LogP contribution in [0.1, 0.15) is 41.8 Å². The minimum Gasteiger partial charge on any atom is -0.465 e. The maximum Gasteiger partial charge on any atom is 0.407 e. The second kappa shape index (κ2) is 3.43. The van der Waals surface area contributed by atoms with Gasteiger partial charge in [0.1, 0.15) is 5.82 Å². The fourth-order valence-electron chi connectivity index (χ4n) is 3.29. The zero-order valence-corrected chi connectivity index (χ0v) is 10.0. The van der Waals surface area contributed by atoms with Crippen molar-refractivity contribution in [2.75, 3.05) is 13.1 Å². The molecule has 1 N–H and O–H groups in total. The Labute approximate surface area is 105 Å². The number of likely N-dealkylation sites (tertiary alicyclic amines) is 1. The van der Waals surface area contributed by atoms with Crippen LogP contribution in [0, 0.1) is 5.92 Å². The van der Waals surface area contributed by atoms with Crippen LogP contribution in [0.5, 0.6) is 0 Å². The molecule has 5 heteroatoms. The Morgan fingerprint density at radius 3 is 2.94 bits per heavy atom. The number of fused-ring (bicyclic) bond motifs is 3. The van der Waals surface area contributed by atoms with Crippen LogP contribution < -0.4 is 0 Å². The van der Waals surface area contributed by atoms with E-state index in [0.29, 0.717) is 30.8 Å². The normalized spacial score (nSPS) is 29.2. The van der Waals surface area contributed by atoms with Crippen LogP contribution in [0.4, 0.5) is 4.79 Å². The van der Waals surface area contributed by atoms with E-state index in [9.17, 15) is 4.79 Å². The molecule has 0 bridgehead atoms. The summed E-state index contributed by atoms with van der Waals surface area (Å²) < 4.78 is 0. The summed E-state index contributed by atoms with van der Waals surface area (Å²) in [5, 5.41) is 9.04. The number of hydrogen-bond donors (Lipinski definition) is 1. The third-order valence-corrected chi connectivity index (χ3v) is 4.43. The Kier molecular flexibility index (Phi) is 1.96. The Bertz CT molecular complexity index is 527. The molecule has 2 unspecified atom stereocenters. The molecule has 18 heavy (non-hydrogen) atoms. The van der Waals surface area contributed by atoms with Crippen LogP contribution in [0.15, 0.2) is 6.20 Å². The zero-order valence-electron chi connectivity index (χ0n) is 10.0. The minimum absolute atomic E-state index is 0.323. The largest absolute Gasteiger partial charge is 0.465 e. The fraction of sp³-hybridized carbons (Fsp3) is 0.615. The molecule has 5 nitrogen and oxygen atoms in total. The Morgan fingerprint density at radius 2 is 2.22 bits per heavy atom. The molecule has 2 fully saturated rings. The number of carboxylic acid groups (broad SMARTS) is 1. The van der Waals surface area contributed by atoms with Crippen molar-refractivity contribution in [2.45, 2.75) is 31.1 Å². The van der Waals surface area contributed by atoms with Gasteiger partial charge in [-0.15, -0.1) is 0 Å². The summed E-state index contributed by atoms with van der Waals surface area (Å²) in [6.07, 6.45) is 4.51. The van der Waals surface area contributed by atoms with Gasteiger partial charge in [-0.25, -0.2) is 14.8 Å². The molecular formula is C13H15N3O2. The van der Waals surface area contributed by atoms with E-state index >= 15 is 0 Å². The second-order valence-corrected chi connectivity index (χ2v) is 5.66. The lowest BCUT2D eigenvalue weighted by Gasteiger charge is -2.13.